The Balaban J connectivity index is 2.29. The molecule has 2 atom stereocenters. The Morgan fingerprint density at radius 3 is 2.65 bits per heavy atom. The van der Waals surface area contributed by atoms with Gasteiger partial charge in [0.2, 0.25) is 0 Å². The summed E-state index contributed by atoms with van der Waals surface area (Å²) in [4.78, 5) is 4.01. The Bertz CT molecular complexity index is 577. The Morgan fingerprint density at radius 2 is 2.00 bits per heavy atom. The molecule has 1 aromatic heterocycles. The van der Waals surface area contributed by atoms with E-state index in [9.17, 15) is 0 Å². The van der Waals surface area contributed by atoms with E-state index < -0.39 is 0 Å². The summed E-state index contributed by atoms with van der Waals surface area (Å²) in [5, 5.41) is 1.18. The molecule has 0 saturated carbocycles. The number of aromatic nitrogens is 1. The summed E-state index contributed by atoms with van der Waals surface area (Å²) in [5.74, 6) is 0.589. The van der Waals surface area contributed by atoms with Gasteiger partial charge in [-0.15, -0.1) is 0 Å². The molecule has 1 aromatic carbocycles. The summed E-state index contributed by atoms with van der Waals surface area (Å²) >= 11 is 12.0. The van der Waals surface area contributed by atoms with E-state index in [-0.39, 0.29) is 12.1 Å². The van der Waals surface area contributed by atoms with Gasteiger partial charge in [0.1, 0.15) is 11.9 Å². The van der Waals surface area contributed by atoms with Crippen molar-refractivity contribution in [3.05, 3.63) is 58.3 Å². The van der Waals surface area contributed by atoms with Crippen molar-refractivity contribution in [3.8, 4) is 5.75 Å². The summed E-state index contributed by atoms with van der Waals surface area (Å²) in [5.41, 5.74) is 7.10. The molecule has 0 aliphatic heterocycles. The van der Waals surface area contributed by atoms with E-state index >= 15 is 0 Å². The highest BCUT2D eigenvalue weighted by Gasteiger charge is 2.21. The van der Waals surface area contributed by atoms with Gasteiger partial charge < -0.3 is 10.5 Å². The van der Waals surface area contributed by atoms with Crippen LogP contribution in [0.25, 0.3) is 0 Å². The normalized spacial score (nSPS) is 13.8. The third kappa shape index (κ3) is 3.85. The van der Waals surface area contributed by atoms with Crippen molar-refractivity contribution in [2.45, 2.75) is 25.5 Å². The molecule has 0 amide bonds. The Kier molecular flexibility index (Phi) is 5.24. The molecule has 0 spiro atoms. The first-order valence-electron chi connectivity index (χ1n) is 6.38. The molecule has 3 nitrogen and oxygen atoms in total. The number of rotatable bonds is 5. The minimum atomic E-state index is -0.293. The third-order valence-electron chi connectivity index (χ3n) is 2.98. The number of hydrogen-bond acceptors (Lipinski definition) is 3. The summed E-state index contributed by atoms with van der Waals surface area (Å²) in [6.07, 6.45) is 3.67. The summed E-state index contributed by atoms with van der Waals surface area (Å²) < 4.78 is 5.96. The Hall–Kier alpha value is -1.29. The zero-order chi connectivity index (χ0) is 14.5. The average molecular weight is 311 g/mol. The average Bonchev–Trinajstić information content (AvgIpc) is 2.44. The fourth-order valence-corrected chi connectivity index (χ4v) is 2.27. The molecule has 1 heterocycles. The standard InChI is InChI=1S/C15H16Cl2N2O/c1-2-14(18)15(10-4-3-5-11(16)6-10)20-13-7-12(17)8-19-9-13/h3-9,14-15H,2,18H2,1H3. The molecule has 0 aliphatic carbocycles. The van der Waals surface area contributed by atoms with Gasteiger partial charge in [0.05, 0.1) is 11.2 Å². The minimum absolute atomic E-state index is 0.146. The molecule has 0 radical (unpaired) electrons. The molecule has 2 unspecified atom stereocenters. The van der Waals surface area contributed by atoms with Gasteiger partial charge in [0.25, 0.3) is 0 Å². The first-order valence-corrected chi connectivity index (χ1v) is 7.14. The lowest BCUT2D eigenvalue weighted by Crippen LogP contribution is -2.31. The fourth-order valence-electron chi connectivity index (χ4n) is 1.90. The van der Waals surface area contributed by atoms with E-state index in [0.29, 0.717) is 15.8 Å². The van der Waals surface area contributed by atoms with Crippen LogP contribution in [0.1, 0.15) is 25.0 Å². The van der Waals surface area contributed by atoms with Crippen LogP contribution in [0.15, 0.2) is 42.7 Å². The number of nitrogens with zero attached hydrogens (tertiary/aromatic N) is 1. The maximum absolute atomic E-state index is 6.16. The molecular weight excluding hydrogens is 295 g/mol. The zero-order valence-electron chi connectivity index (χ0n) is 11.1. The Labute approximate surface area is 128 Å². The fraction of sp³-hybridized carbons (Fsp3) is 0.267. The van der Waals surface area contributed by atoms with Crippen molar-refractivity contribution in [2.24, 2.45) is 5.73 Å². The predicted molar refractivity (Wildman–Crippen MR) is 82.3 cm³/mol. The number of ether oxygens (including phenoxy) is 1. The zero-order valence-corrected chi connectivity index (χ0v) is 12.6. The van der Waals surface area contributed by atoms with Gasteiger partial charge in [-0.1, -0.05) is 42.3 Å². The van der Waals surface area contributed by atoms with Gasteiger partial charge in [-0.05, 0) is 24.1 Å². The maximum Gasteiger partial charge on any atom is 0.140 e. The lowest BCUT2D eigenvalue weighted by atomic mass is 10.0. The van der Waals surface area contributed by atoms with Crippen molar-refractivity contribution in [1.82, 2.24) is 4.98 Å². The molecule has 2 rings (SSSR count). The van der Waals surface area contributed by atoms with Gasteiger partial charge in [-0.25, -0.2) is 0 Å². The highest BCUT2D eigenvalue weighted by molar-refractivity contribution is 6.30. The molecular formula is C15H16Cl2N2O. The van der Waals surface area contributed by atoms with Crippen molar-refractivity contribution in [3.63, 3.8) is 0 Å². The second kappa shape index (κ2) is 6.93. The van der Waals surface area contributed by atoms with Crippen LogP contribution < -0.4 is 10.5 Å². The molecule has 0 fully saturated rings. The van der Waals surface area contributed by atoms with Crippen molar-refractivity contribution >= 4 is 23.2 Å². The largest absolute Gasteiger partial charge is 0.482 e. The molecule has 2 N–H and O–H groups in total. The van der Waals surface area contributed by atoms with Crippen LogP contribution in [0, 0.1) is 0 Å². The monoisotopic (exact) mass is 310 g/mol. The van der Waals surface area contributed by atoms with E-state index in [1.165, 1.54) is 0 Å². The molecule has 20 heavy (non-hydrogen) atoms. The molecule has 0 aliphatic rings. The van der Waals surface area contributed by atoms with Crippen LogP contribution in [-0.4, -0.2) is 11.0 Å². The predicted octanol–water partition coefficient (Wildman–Crippen LogP) is 4.25. The highest BCUT2D eigenvalue weighted by Crippen LogP contribution is 2.28. The molecule has 106 valence electrons. The van der Waals surface area contributed by atoms with Gasteiger partial charge >= 0.3 is 0 Å². The SMILES string of the molecule is CCC(N)C(Oc1cncc(Cl)c1)c1cccc(Cl)c1. The quantitative estimate of drug-likeness (QED) is 0.898. The third-order valence-corrected chi connectivity index (χ3v) is 3.42. The summed E-state index contributed by atoms with van der Waals surface area (Å²) in [6.45, 7) is 2.02. The maximum atomic E-state index is 6.16. The van der Waals surface area contributed by atoms with E-state index in [2.05, 4.69) is 4.98 Å². The topological polar surface area (TPSA) is 48.1 Å². The first-order chi connectivity index (χ1) is 9.60. The van der Waals surface area contributed by atoms with Crippen LogP contribution in [0.5, 0.6) is 5.75 Å². The summed E-state index contributed by atoms with van der Waals surface area (Å²) in [6, 6.07) is 9.08. The van der Waals surface area contributed by atoms with Crippen LogP contribution >= 0.6 is 23.2 Å². The lowest BCUT2D eigenvalue weighted by Gasteiger charge is -2.24. The van der Waals surface area contributed by atoms with Crippen molar-refractivity contribution in [1.29, 1.82) is 0 Å². The van der Waals surface area contributed by atoms with Gasteiger partial charge in [-0.3, -0.25) is 4.98 Å². The number of hydrogen-bond donors (Lipinski definition) is 1. The number of benzene rings is 1. The Morgan fingerprint density at radius 1 is 1.20 bits per heavy atom. The second-order valence-corrected chi connectivity index (χ2v) is 5.38. The van der Waals surface area contributed by atoms with Gasteiger partial charge in [0, 0.05) is 23.3 Å². The van der Waals surface area contributed by atoms with Crippen LogP contribution in [0.3, 0.4) is 0 Å². The molecule has 0 bridgehead atoms. The van der Waals surface area contributed by atoms with E-state index in [4.69, 9.17) is 33.7 Å². The minimum Gasteiger partial charge on any atom is -0.482 e. The van der Waals surface area contributed by atoms with E-state index in [0.717, 1.165) is 12.0 Å². The number of halogens is 2. The molecule has 0 saturated heterocycles. The number of nitrogens with two attached hydrogens (primary N) is 1. The molecule has 5 heteroatoms. The van der Waals surface area contributed by atoms with E-state index in [1.54, 1.807) is 18.5 Å². The summed E-state index contributed by atoms with van der Waals surface area (Å²) in [7, 11) is 0. The van der Waals surface area contributed by atoms with E-state index in [1.807, 2.05) is 31.2 Å². The van der Waals surface area contributed by atoms with Crippen molar-refractivity contribution in [2.75, 3.05) is 0 Å². The van der Waals surface area contributed by atoms with Gasteiger partial charge in [-0.2, -0.15) is 0 Å². The smallest absolute Gasteiger partial charge is 0.140 e. The number of pyridine rings is 1. The second-order valence-electron chi connectivity index (χ2n) is 4.50. The van der Waals surface area contributed by atoms with Gasteiger partial charge in [0.15, 0.2) is 0 Å². The first kappa shape index (κ1) is 15.1. The van der Waals surface area contributed by atoms with Crippen molar-refractivity contribution < 1.29 is 4.74 Å². The van der Waals surface area contributed by atoms with Crippen LogP contribution in [0.4, 0.5) is 0 Å². The lowest BCUT2D eigenvalue weighted by molar-refractivity contribution is 0.170. The van der Waals surface area contributed by atoms with Crippen LogP contribution in [0.2, 0.25) is 10.0 Å². The highest BCUT2D eigenvalue weighted by atomic mass is 35.5. The molecule has 2 aromatic rings. The van der Waals surface area contributed by atoms with Crippen LogP contribution in [-0.2, 0) is 0 Å².